The van der Waals surface area contributed by atoms with E-state index in [2.05, 4.69) is 19.1 Å². The molecule has 1 N–H and O–H groups in total. The molecule has 0 saturated heterocycles. The molecule has 1 amide bonds. The molecule has 6 nitrogen and oxygen atoms in total. The zero-order chi connectivity index (χ0) is 22.8. The summed E-state index contributed by atoms with van der Waals surface area (Å²) in [6.07, 6.45) is -0.531. The molecule has 5 rings (SSSR count). The van der Waals surface area contributed by atoms with E-state index in [-0.39, 0.29) is 24.0 Å². The fourth-order valence-corrected chi connectivity index (χ4v) is 4.31. The Hall–Kier alpha value is -3.90. The highest BCUT2D eigenvalue weighted by Crippen LogP contribution is 2.26. The van der Waals surface area contributed by atoms with Gasteiger partial charge in [-0.3, -0.25) is 4.79 Å². The van der Waals surface area contributed by atoms with Crippen molar-refractivity contribution in [1.82, 2.24) is 0 Å². The molecule has 0 saturated carbocycles. The van der Waals surface area contributed by atoms with Crippen LogP contribution in [0, 0.1) is 0 Å². The second-order valence-corrected chi connectivity index (χ2v) is 8.30. The fourth-order valence-electron chi connectivity index (χ4n) is 4.31. The number of benzene rings is 3. The van der Waals surface area contributed by atoms with Gasteiger partial charge in [0.25, 0.3) is 0 Å². The third kappa shape index (κ3) is 4.13. The Morgan fingerprint density at radius 1 is 1.00 bits per heavy atom. The van der Waals surface area contributed by atoms with E-state index in [4.69, 9.17) is 9.15 Å². The highest BCUT2D eigenvalue weighted by Gasteiger charge is 2.38. The Balaban J connectivity index is 1.52. The Labute approximate surface area is 191 Å². The van der Waals surface area contributed by atoms with Crippen molar-refractivity contribution < 1.29 is 18.8 Å². The van der Waals surface area contributed by atoms with Crippen LogP contribution in [-0.4, -0.2) is 12.8 Å². The molecule has 0 bridgehead atoms. The number of rotatable bonds is 4. The van der Waals surface area contributed by atoms with Crippen molar-refractivity contribution in [2.75, 3.05) is 11.6 Å². The predicted molar refractivity (Wildman–Crippen MR) is 126 cm³/mol. The number of amides is 1. The summed E-state index contributed by atoms with van der Waals surface area (Å²) >= 11 is 0. The van der Waals surface area contributed by atoms with Crippen molar-refractivity contribution in [3.8, 4) is 0 Å². The van der Waals surface area contributed by atoms with Crippen molar-refractivity contribution in [2.24, 2.45) is 0 Å². The first kappa shape index (κ1) is 21.0. The maximum Gasteiger partial charge on any atom is 0.421 e. The van der Waals surface area contributed by atoms with Gasteiger partial charge in [-0.15, -0.1) is 0 Å². The van der Waals surface area contributed by atoms with Gasteiger partial charge in [0.05, 0.1) is 5.39 Å². The van der Waals surface area contributed by atoms with Gasteiger partial charge in [-0.2, -0.15) is 4.90 Å². The maximum atomic E-state index is 13.4. The first-order chi connectivity index (χ1) is 16.1. The Morgan fingerprint density at radius 2 is 1.67 bits per heavy atom. The van der Waals surface area contributed by atoms with E-state index >= 15 is 0 Å². The van der Waals surface area contributed by atoms with Crippen LogP contribution in [-0.2, 0) is 17.9 Å². The second-order valence-electron chi connectivity index (χ2n) is 8.30. The van der Waals surface area contributed by atoms with E-state index in [0.29, 0.717) is 29.7 Å². The van der Waals surface area contributed by atoms with Gasteiger partial charge in [0.2, 0.25) is 11.3 Å². The minimum atomic E-state index is -0.531. The quantitative estimate of drug-likeness (QED) is 0.519. The smallest absolute Gasteiger partial charge is 0.421 e. The number of nitrogens with one attached hydrogen (secondary N) is 1. The lowest BCUT2D eigenvalue weighted by atomic mass is 10.0. The highest BCUT2D eigenvalue weighted by atomic mass is 16.6. The minimum absolute atomic E-state index is 0.0645. The number of hydrogen-bond acceptors (Lipinski definition) is 4. The van der Waals surface area contributed by atoms with Crippen molar-refractivity contribution in [3.63, 3.8) is 0 Å². The average molecular weight is 442 g/mol. The molecule has 3 aromatic carbocycles. The van der Waals surface area contributed by atoms with Crippen LogP contribution in [0.2, 0.25) is 0 Å². The first-order valence-corrected chi connectivity index (χ1v) is 11.0. The molecule has 166 valence electrons. The van der Waals surface area contributed by atoms with Gasteiger partial charge < -0.3 is 14.1 Å². The number of fused-ring (bicyclic) bond motifs is 2. The summed E-state index contributed by atoms with van der Waals surface area (Å²) in [6, 6.07) is 26.8. The molecule has 0 spiro atoms. The van der Waals surface area contributed by atoms with Gasteiger partial charge in [0.1, 0.15) is 30.3 Å². The van der Waals surface area contributed by atoms with Crippen LogP contribution in [0.25, 0.3) is 11.0 Å². The van der Waals surface area contributed by atoms with E-state index in [1.165, 1.54) is 4.90 Å². The molecule has 6 heteroatoms. The molecule has 0 aliphatic carbocycles. The molecule has 1 unspecified atom stereocenters. The van der Waals surface area contributed by atoms with E-state index in [9.17, 15) is 9.59 Å². The zero-order valence-electron chi connectivity index (χ0n) is 18.4. The van der Waals surface area contributed by atoms with E-state index in [1.807, 2.05) is 60.7 Å². The van der Waals surface area contributed by atoms with Gasteiger partial charge in [0.15, 0.2) is 6.67 Å². The molecule has 2 atom stereocenters. The van der Waals surface area contributed by atoms with Crippen molar-refractivity contribution in [1.29, 1.82) is 0 Å². The largest absolute Gasteiger partial charge is 0.444 e. The molecular weight excluding hydrogens is 416 g/mol. The Kier molecular flexibility index (Phi) is 5.67. The van der Waals surface area contributed by atoms with Crippen LogP contribution < -0.4 is 15.2 Å². The SMILES string of the molecule is C[C@@H](c1ccccc1)[NH+]1Cc2c(oc3ccccc3c2=O)N(C(=O)OCc2ccccc2)C1. The predicted octanol–water partition coefficient (Wildman–Crippen LogP) is 4.05. The fraction of sp³-hybridized carbons (Fsp3) is 0.185. The van der Waals surface area contributed by atoms with Crippen LogP contribution in [0.3, 0.4) is 0 Å². The number of carbonyl (C=O) groups excluding carboxylic acids is 1. The Morgan fingerprint density at radius 3 is 2.42 bits per heavy atom. The average Bonchev–Trinajstić information content (AvgIpc) is 2.88. The molecule has 0 radical (unpaired) electrons. The lowest BCUT2D eigenvalue weighted by Gasteiger charge is -2.35. The van der Waals surface area contributed by atoms with E-state index in [0.717, 1.165) is 16.0 Å². The molecule has 33 heavy (non-hydrogen) atoms. The van der Waals surface area contributed by atoms with E-state index in [1.54, 1.807) is 12.1 Å². The number of ether oxygens (including phenoxy) is 1. The minimum Gasteiger partial charge on any atom is -0.444 e. The lowest BCUT2D eigenvalue weighted by Crippen LogP contribution is -3.13. The first-order valence-electron chi connectivity index (χ1n) is 11.0. The van der Waals surface area contributed by atoms with Crippen LogP contribution >= 0.6 is 0 Å². The number of carbonyl (C=O) groups is 1. The van der Waals surface area contributed by atoms with Gasteiger partial charge in [-0.1, -0.05) is 72.8 Å². The maximum absolute atomic E-state index is 13.4. The molecule has 4 aromatic rings. The van der Waals surface area contributed by atoms with Crippen molar-refractivity contribution in [2.45, 2.75) is 26.1 Å². The summed E-state index contributed by atoms with van der Waals surface area (Å²) < 4.78 is 11.7. The summed E-state index contributed by atoms with van der Waals surface area (Å²) in [5.74, 6) is 0.278. The number of nitrogens with zero attached hydrogens (tertiary/aromatic N) is 1. The summed E-state index contributed by atoms with van der Waals surface area (Å²) in [7, 11) is 0. The molecular formula is C27H25N2O4+. The number of quaternary nitrogens is 1. The van der Waals surface area contributed by atoms with Crippen LogP contribution in [0.15, 0.2) is 94.1 Å². The van der Waals surface area contributed by atoms with Gasteiger partial charge in [0, 0.05) is 5.56 Å². The van der Waals surface area contributed by atoms with Gasteiger partial charge >= 0.3 is 6.09 Å². The third-order valence-corrected chi connectivity index (χ3v) is 6.22. The summed E-state index contributed by atoms with van der Waals surface area (Å²) in [5, 5.41) is 0.516. The molecule has 1 aromatic heterocycles. The Bertz CT molecular complexity index is 1330. The van der Waals surface area contributed by atoms with Gasteiger partial charge in [-0.05, 0) is 24.6 Å². The zero-order valence-corrected chi connectivity index (χ0v) is 18.4. The summed E-state index contributed by atoms with van der Waals surface area (Å²) in [4.78, 5) is 29.1. The normalized spacial score (nSPS) is 16.3. The van der Waals surface area contributed by atoms with E-state index < -0.39 is 6.09 Å². The monoisotopic (exact) mass is 441 g/mol. The number of para-hydroxylation sites is 1. The molecule has 0 fully saturated rings. The molecule has 1 aliphatic heterocycles. The number of anilines is 1. The highest BCUT2D eigenvalue weighted by molar-refractivity contribution is 5.89. The molecule has 1 aliphatic rings. The summed E-state index contributed by atoms with van der Waals surface area (Å²) in [6.45, 7) is 3.04. The number of hydrogen-bond donors (Lipinski definition) is 1. The summed E-state index contributed by atoms with van der Waals surface area (Å²) in [5.41, 5.74) is 2.88. The van der Waals surface area contributed by atoms with Gasteiger partial charge in [-0.25, -0.2) is 4.79 Å². The van der Waals surface area contributed by atoms with Crippen LogP contribution in [0.1, 0.15) is 29.7 Å². The lowest BCUT2D eigenvalue weighted by molar-refractivity contribution is -0.943. The standard InChI is InChI=1S/C27H24N2O4/c1-19(21-12-6-3-7-13-21)28-16-23-25(30)22-14-8-9-15-24(22)33-26(23)29(18-28)27(31)32-17-20-10-4-2-5-11-20/h2-15,19H,16-18H2,1H3/p+1/t19-/m0/s1. The van der Waals surface area contributed by atoms with Crippen LogP contribution in [0.5, 0.6) is 0 Å². The molecule has 2 heterocycles. The second kappa shape index (κ2) is 8.92. The van der Waals surface area contributed by atoms with Crippen LogP contribution in [0.4, 0.5) is 10.7 Å². The van der Waals surface area contributed by atoms with Crippen molar-refractivity contribution in [3.05, 3.63) is 112 Å². The third-order valence-electron chi connectivity index (χ3n) is 6.22. The topological polar surface area (TPSA) is 64.2 Å². The van der Waals surface area contributed by atoms with Crippen molar-refractivity contribution >= 4 is 22.9 Å².